The number of alkyl halides is 3. The van der Waals surface area contributed by atoms with Gasteiger partial charge in [0.05, 0.1) is 6.10 Å². The summed E-state index contributed by atoms with van der Waals surface area (Å²) in [6, 6.07) is 0.127. The molecule has 0 aliphatic carbocycles. The van der Waals surface area contributed by atoms with Crippen LogP contribution in [0.2, 0.25) is 0 Å². The minimum absolute atomic E-state index is 0.127. The third-order valence-electron chi connectivity index (χ3n) is 1.61. The summed E-state index contributed by atoms with van der Waals surface area (Å²) in [5, 5.41) is 2.87. The van der Waals surface area contributed by atoms with Gasteiger partial charge in [-0.3, -0.25) is 4.74 Å². The number of hydrogen-bond donors (Lipinski definition) is 1. The normalized spacial score (nSPS) is 32.7. The Morgan fingerprint density at radius 1 is 1.45 bits per heavy atom. The first-order valence-corrected chi connectivity index (χ1v) is 3.45. The van der Waals surface area contributed by atoms with Gasteiger partial charge in [0.1, 0.15) is 0 Å². The van der Waals surface area contributed by atoms with E-state index in [1.807, 2.05) is 6.92 Å². The van der Waals surface area contributed by atoms with Crippen molar-refractivity contribution in [3.63, 3.8) is 0 Å². The van der Waals surface area contributed by atoms with Crippen molar-refractivity contribution in [2.75, 3.05) is 6.54 Å². The molecule has 1 heterocycles. The van der Waals surface area contributed by atoms with Crippen molar-refractivity contribution in [3.05, 3.63) is 0 Å². The van der Waals surface area contributed by atoms with Gasteiger partial charge in [0.25, 0.3) is 0 Å². The lowest BCUT2D eigenvalue weighted by Crippen LogP contribution is -2.25. The molecule has 2 nitrogen and oxygen atoms in total. The van der Waals surface area contributed by atoms with E-state index >= 15 is 0 Å². The van der Waals surface area contributed by atoms with Crippen molar-refractivity contribution in [2.45, 2.75) is 31.9 Å². The number of ether oxygens (including phenoxy) is 1. The molecule has 0 aromatic carbocycles. The highest BCUT2D eigenvalue weighted by Gasteiger charge is 2.35. The second-order valence-corrected chi connectivity index (χ2v) is 2.73. The van der Waals surface area contributed by atoms with E-state index in [9.17, 15) is 13.2 Å². The molecular weight excluding hydrogens is 159 g/mol. The Morgan fingerprint density at radius 2 is 2.09 bits per heavy atom. The SMILES string of the molecule is C[C@H]1C[C@@H](OC(F)(F)F)CN1. The second kappa shape index (κ2) is 2.98. The Morgan fingerprint density at radius 3 is 2.45 bits per heavy atom. The predicted octanol–water partition coefficient (Wildman–Crippen LogP) is 1.27. The van der Waals surface area contributed by atoms with E-state index in [1.165, 1.54) is 0 Å². The summed E-state index contributed by atoms with van der Waals surface area (Å²) in [6.45, 7) is 2.13. The van der Waals surface area contributed by atoms with Gasteiger partial charge in [0.15, 0.2) is 0 Å². The van der Waals surface area contributed by atoms with E-state index in [0.717, 1.165) is 0 Å². The summed E-state index contributed by atoms with van der Waals surface area (Å²) in [7, 11) is 0. The summed E-state index contributed by atoms with van der Waals surface area (Å²) < 4.78 is 38.6. The van der Waals surface area contributed by atoms with E-state index in [0.29, 0.717) is 13.0 Å². The van der Waals surface area contributed by atoms with Crippen LogP contribution in [0.5, 0.6) is 0 Å². The Balaban J connectivity index is 2.29. The molecule has 0 spiro atoms. The standard InChI is InChI=1S/C6H10F3NO/c1-4-2-5(3-10-4)11-6(7,8)9/h4-5,10H,2-3H2,1H3/t4-,5+/m0/s1. The van der Waals surface area contributed by atoms with Gasteiger partial charge in [0, 0.05) is 12.6 Å². The molecule has 1 rings (SSSR count). The van der Waals surface area contributed by atoms with Gasteiger partial charge in [-0.1, -0.05) is 0 Å². The zero-order valence-corrected chi connectivity index (χ0v) is 6.11. The summed E-state index contributed by atoms with van der Waals surface area (Å²) in [5.74, 6) is 0. The van der Waals surface area contributed by atoms with Crippen LogP contribution >= 0.6 is 0 Å². The first-order chi connectivity index (χ1) is 4.97. The van der Waals surface area contributed by atoms with Crippen molar-refractivity contribution in [2.24, 2.45) is 0 Å². The van der Waals surface area contributed by atoms with Crippen LogP contribution in [-0.4, -0.2) is 25.1 Å². The maximum Gasteiger partial charge on any atom is 0.522 e. The fourth-order valence-electron chi connectivity index (χ4n) is 1.17. The fraction of sp³-hybridized carbons (Fsp3) is 1.00. The number of rotatable bonds is 1. The molecule has 66 valence electrons. The van der Waals surface area contributed by atoms with Crippen molar-refractivity contribution in [1.29, 1.82) is 0 Å². The van der Waals surface area contributed by atoms with E-state index in [-0.39, 0.29) is 6.04 Å². The van der Waals surface area contributed by atoms with Gasteiger partial charge in [-0.25, -0.2) is 0 Å². The van der Waals surface area contributed by atoms with Crippen LogP contribution in [-0.2, 0) is 4.74 Å². The molecular formula is C6H10F3NO. The molecule has 5 heteroatoms. The summed E-state index contributed by atoms with van der Waals surface area (Å²) in [5.41, 5.74) is 0. The van der Waals surface area contributed by atoms with Crippen LogP contribution < -0.4 is 5.32 Å². The first-order valence-electron chi connectivity index (χ1n) is 3.45. The molecule has 0 aromatic rings. The van der Waals surface area contributed by atoms with Crippen molar-refractivity contribution < 1.29 is 17.9 Å². The fourth-order valence-corrected chi connectivity index (χ4v) is 1.17. The minimum Gasteiger partial charge on any atom is -0.312 e. The van der Waals surface area contributed by atoms with E-state index in [2.05, 4.69) is 10.1 Å². The lowest BCUT2D eigenvalue weighted by atomic mass is 10.2. The largest absolute Gasteiger partial charge is 0.522 e. The van der Waals surface area contributed by atoms with Crippen LogP contribution in [0.1, 0.15) is 13.3 Å². The Labute approximate surface area is 62.7 Å². The number of nitrogens with one attached hydrogen (secondary N) is 1. The van der Waals surface area contributed by atoms with Crippen LogP contribution in [0.15, 0.2) is 0 Å². The zero-order valence-electron chi connectivity index (χ0n) is 6.11. The van der Waals surface area contributed by atoms with Gasteiger partial charge in [0.2, 0.25) is 0 Å². The van der Waals surface area contributed by atoms with Crippen molar-refractivity contribution in [3.8, 4) is 0 Å². The highest BCUT2D eigenvalue weighted by molar-refractivity contribution is 4.78. The van der Waals surface area contributed by atoms with Gasteiger partial charge >= 0.3 is 6.36 Å². The zero-order chi connectivity index (χ0) is 8.48. The van der Waals surface area contributed by atoms with Crippen molar-refractivity contribution >= 4 is 0 Å². The van der Waals surface area contributed by atoms with Gasteiger partial charge < -0.3 is 5.32 Å². The molecule has 2 atom stereocenters. The summed E-state index contributed by atoms with van der Waals surface area (Å²) >= 11 is 0. The summed E-state index contributed by atoms with van der Waals surface area (Å²) in [4.78, 5) is 0. The molecule has 1 fully saturated rings. The molecule has 0 radical (unpaired) electrons. The third-order valence-corrected chi connectivity index (χ3v) is 1.61. The highest BCUT2D eigenvalue weighted by Crippen LogP contribution is 2.22. The van der Waals surface area contributed by atoms with Crippen LogP contribution in [0.25, 0.3) is 0 Å². The molecule has 0 saturated carbocycles. The minimum atomic E-state index is -4.49. The van der Waals surface area contributed by atoms with Crippen molar-refractivity contribution in [1.82, 2.24) is 5.32 Å². The molecule has 11 heavy (non-hydrogen) atoms. The first kappa shape index (κ1) is 8.80. The Kier molecular flexibility index (Phi) is 2.39. The maximum absolute atomic E-state index is 11.6. The predicted molar refractivity (Wildman–Crippen MR) is 33.0 cm³/mol. The highest BCUT2D eigenvalue weighted by atomic mass is 19.4. The molecule has 0 unspecified atom stereocenters. The monoisotopic (exact) mass is 169 g/mol. The average Bonchev–Trinajstić information content (AvgIpc) is 2.10. The lowest BCUT2D eigenvalue weighted by molar-refractivity contribution is -0.340. The third kappa shape index (κ3) is 3.07. The average molecular weight is 169 g/mol. The molecule has 1 saturated heterocycles. The van der Waals surface area contributed by atoms with E-state index in [1.54, 1.807) is 0 Å². The summed E-state index contributed by atoms with van der Waals surface area (Å²) in [6.07, 6.45) is -4.76. The number of hydrogen-bond acceptors (Lipinski definition) is 2. The topological polar surface area (TPSA) is 21.3 Å². The molecule has 0 bridgehead atoms. The maximum atomic E-state index is 11.6. The smallest absolute Gasteiger partial charge is 0.312 e. The number of halogens is 3. The van der Waals surface area contributed by atoms with E-state index in [4.69, 9.17) is 0 Å². The molecule has 0 aromatic heterocycles. The Bertz CT molecular complexity index is 136. The van der Waals surface area contributed by atoms with Gasteiger partial charge in [-0.2, -0.15) is 0 Å². The lowest BCUT2D eigenvalue weighted by Gasteiger charge is -2.12. The van der Waals surface area contributed by atoms with Crippen LogP contribution in [0.3, 0.4) is 0 Å². The van der Waals surface area contributed by atoms with Gasteiger partial charge in [-0.15, -0.1) is 13.2 Å². The second-order valence-electron chi connectivity index (χ2n) is 2.73. The van der Waals surface area contributed by atoms with Gasteiger partial charge in [-0.05, 0) is 13.3 Å². The molecule has 1 N–H and O–H groups in total. The Hall–Kier alpha value is -0.290. The van der Waals surface area contributed by atoms with Crippen LogP contribution in [0, 0.1) is 0 Å². The molecule has 1 aliphatic rings. The molecule has 1 aliphatic heterocycles. The quantitative estimate of drug-likeness (QED) is 0.638. The van der Waals surface area contributed by atoms with Crippen LogP contribution in [0.4, 0.5) is 13.2 Å². The molecule has 0 amide bonds. The van der Waals surface area contributed by atoms with E-state index < -0.39 is 12.5 Å².